The summed E-state index contributed by atoms with van der Waals surface area (Å²) in [6.07, 6.45) is 4.18. The van der Waals surface area contributed by atoms with Crippen LogP contribution in [0.25, 0.3) is 10.2 Å². The van der Waals surface area contributed by atoms with Crippen molar-refractivity contribution in [3.05, 3.63) is 58.0 Å². The number of hydrogen-bond acceptors (Lipinski definition) is 4. The third-order valence-electron chi connectivity index (χ3n) is 4.78. The van der Waals surface area contributed by atoms with Gasteiger partial charge in [-0.3, -0.25) is 9.78 Å². The number of ketones is 1. The molecule has 4 rings (SSSR count). The molecule has 3 heterocycles. The molecule has 25 heavy (non-hydrogen) atoms. The monoisotopic (exact) mass is 414 g/mol. The summed E-state index contributed by atoms with van der Waals surface area (Å²) < 4.78 is 2.30. The Morgan fingerprint density at radius 1 is 1.24 bits per heavy atom. The van der Waals surface area contributed by atoms with Gasteiger partial charge in [0, 0.05) is 36.6 Å². The van der Waals surface area contributed by atoms with Gasteiger partial charge in [0.15, 0.2) is 0 Å². The molecule has 0 spiro atoms. The zero-order valence-corrected chi connectivity index (χ0v) is 16.2. The molecule has 1 saturated heterocycles. The van der Waals surface area contributed by atoms with E-state index in [1.54, 1.807) is 11.3 Å². The highest BCUT2D eigenvalue weighted by Gasteiger charge is 2.26. The second-order valence-corrected chi connectivity index (χ2v) is 8.44. The number of fused-ring (bicyclic) bond motifs is 1. The molecule has 1 aromatic carbocycles. The van der Waals surface area contributed by atoms with Crippen LogP contribution in [0.5, 0.6) is 0 Å². The van der Waals surface area contributed by atoms with Crippen LogP contribution in [-0.2, 0) is 11.2 Å². The summed E-state index contributed by atoms with van der Waals surface area (Å²) in [6, 6.07) is 12.2. The van der Waals surface area contributed by atoms with E-state index in [2.05, 4.69) is 43.3 Å². The summed E-state index contributed by atoms with van der Waals surface area (Å²) in [6.45, 7) is 1.98. The van der Waals surface area contributed by atoms with E-state index in [1.165, 1.54) is 10.4 Å². The lowest BCUT2D eigenvalue weighted by atomic mass is 9.98. The van der Waals surface area contributed by atoms with Crippen LogP contribution in [-0.4, -0.2) is 23.9 Å². The molecule has 0 saturated carbocycles. The summed E-state index contributed by atoms with van der Waals surface area (Å²) in [5.41, 5.74) is 3.43. The van der Waals surface area contributed by atoms with Crippen LogP contribution in [0.1, 0.15) is 18.4 Å². The van der Waals surface area contributed by atoms with Crippen LogP contribution in [0.4, 0.5) is 5.69 Å². The lowest BCUT2D eigenvalue weighted by Crippen LogP contribution is -2.21. The normalized spacial score (nSPS) is 17.3. The SMILES string of the molecule is O=C(Cc1ccc(Br)cc1)CC1CCN(c2ccnc3ccsc23)C1. The fraction of sp³-hybridized carbons (Fsp3) is 0.300. The number of nitrogens with zero attached hydrogens (tertiary/aromatic N) is 2. The van der Waals surface area contributed by atoms with Gasteiger partial charge in [-0.1, -0.05) is 28.1 Å². The van der Waals surface area contributed by atoms with Gasteiger partial charge in [-0.25, -0.2) is 0 Å². The molecule has 3 nitrogen and oxygen atoms in total. The second-order valence-electron chi connectivity index (χ2n) is 6.61. The topological polar surface area (TPSA) is 33.2 Å². The maximum absolute atomic E-state index is 12.4. The Morgan fingerprint density at radius 2 is 2.08 bits per heavy atom. The van der Waals surface area contributed by atoms with Gasteiger partial charge < -0.3 is 4.90 Å². The van der Waals surface area contributed by atoms with E-state index in [-0.39, 0.29) is 0 Å². The molecule has 1 aliphatic rings. The highest BCUT2D eigenvalue weighted by molar-refractivity contribution is 9.10. The second kappa shape index (κ2) is 7.26. The minimum Gasteiger partial charge on any atom is -0.370 e. The molecule has 0 bridgehead atoms. The number of carbonyl (C=O) groups excluding carboxylic acids is 1. The number of thiophene rings is 1. The van der Waals surface area contributed by atoms with E-state index in [0.717, 1.165) is 35.1 Å². The minimum absolute atomic E-state index is 0.338. The van der Waals surface area contributed by atoms with Crippen molar-refractivity contribution >= 4 is 49.0 Å². The van der Waals surface area contributed by atoms with E-state index in [1.807, 2.05) is 30.5 Å². The average Bonchev–Trinajstić information content (AvgIpc) is 3.25. The van der Waals surface area contributed by atoms with Crippen molar-refractivity contribution in [2.75, 3.05) is 18.0 Å². The van der Waals surface area contributed by atoms with Crippen molar-refractivity contribution in [3.63, 3.8) is 0 Å². The standard InChI is InChI=1S/C20H19BrN2OS/c21-16-3-1-14(2-4-16)11-17(24)12-15-6-9-23(13-15)19-5-8-22-18-7-10-25-20(18)19/h1-5,7-8,10,15H,6,9,11-13H2. The summed E-state index contributed by atoms with van der Waals surface area (Å²) in [5, 5.41) is 2.09. The Labute approximate surface area is 159 Å². The molecular weight excluding hydrogens is 396 g/mol. The quantitative estimate of drug-likeness (QED) is 0.582. The van der Waals surface area contributed by atoms with Gasteiger partial charge in [-0.2, -0.15) is 0 Å². The average molecular weight is 415 g/mol. The number of pyridine rings is 1. The number of halogens is 1. The number of aromatic nitrogens is 1. The smallest absolute Gasteiger partial charge is 0.137 e. The lowest BCUT2D eigenvalue weighted by Gasteiger charge is -2.19. The van der Waals surface area contributed by atoms with Gasteiger partial charge in [0.05, 0.1) is 15.9 Å². The van der Waals surface area contributed by atoms with Crippen molar-refractivity contribution in [3.8, 4) is 0 Å². The van der Waals surface area contributed by atoms with Gasteiger partial charge >= 0.3 is 0 Å². The van der Waals surface area contributed by atoms with Crippen molar-refractivity contribution in [1.82, 2.24) is 4.98 Å². The zero-order valence-electron chi connectivity index (χ0n) is 13.8. The molecule has 0 amide bonds. The van der Waals surface area contributed by atoms with Crippen molar-refractivity contribution in [2.45, 2.75) is 19.3 Å². The van der Waals surface area contributed by atoms with Gasteiger partial charge in [0.25, 0.3) is 0 Å². The summed E-state index contributed by atoms with van der Waals surface area (Å²) in [4.78, 5) is 19.3. The number of carbonyl (C=O) groups is 1. The van der Waals surface area contributed by atoms with Crippen LogP contribution in [0.2, 0.25) is 0 Å². The highest BCUT2D eigenvalue weighted by atomic mass is 79.9. The van der Waals surface area contributed by atoms with Crippen LogP contribution in [0.3, 0.4) is 0 Å². The first kappa shape index (κ1) is 16.7. The molecule has 1 unspecified atom stereocenters. The summed E-state index contributed by atoms with van der Waals surface area (Å²) >= 11 is 5.18. The third-order valence-corrected chi connectivity index (χ3v) is 6.24. The van der Waals surface area contributed by atoms with Crippen molar-refractivity contribution in [1.29, 1.82) is 0 Å². The maximum atomic E-state index is 12.4. The van der Waals surface area contributed by atoms with E-state index >= 15 is 0 Å². The Hall–Kier alpha value is -1.72. The summed E-state index contributed by atoms with van der Waals surface area (Å²) in [7, 11) is 0. The van der Waals surface area contributed by atoms with E-state index < -0.39 is 0 Å². The predicted octanol–water partition coefficient (Wildman–Crippen LogP) is 5.09. The van der Waals surface area contributed by atoms with Crippen LogP contribution < -0.4 is 4.90 Å². The Morgan fingerprint density at radius 3 is 2.92 bits per heavy atom. The molecule has 1 atom stereocenters. The fourth-order valence-corrected chi connectivity index (χ4v) is 4.71. The molecule has 0 aliphatic carbocycles. The van der Waals surface area contributed by atoms with Crippen molar-refractivity contribution in [2.24, 2.45) is 5.92 Å². The number of benzene rings is 1. The lowest BCUT2D eigenvalue weighted by molar-refractivity contribution is -0.119. The summed E-state index contributed by atoms with van der Waals surface area (Å²) in [5.74, 6) is 0.788. The van der Waals surface area contributed by atoms with Gasteiger partial charge in [-0.05, 0) is 47.5 Å². The molecule has 2 aromatic heterocycles. The Balaban J connectivity index is 1.38. The van der Waals surface area contributed by atoms with E-state index in [4.69, 9.17) is 0 Å². The van der Waals surface area contributed by atoms with Crippen LogP contribution in [0, 0.1) is 5.92 Å². The van der Waals surface area contributed by atoms with E-state index in [0.29, 0.717) is 24.5 Å². The number of Topliss-reactive ketones (excluding diaryl/α,β-unsaturated/α-hetero) is 1. The first-order valence-electron chi connectivity index (χ1n) is 8.52. The molecule has 5 heteroatoms. The third kappa shape index (κ3) is 3.77. The molecule has 3 aromatic rings. The van der Waals surface area contributed by atoms with Crippen LogP contribution >= 0.6 is 27.3 Å². The largest absolute Gasteiger partial charge is 0.370 e. The van der Waals surface area contributed by atoms with Gasteiger partial charge in [0.1, 0.15) is 5.78 Å². The predicted molar refractivity (Wildman–Crippen MR) is 107 cm³/mol. The van der Waals surface area contributed by atoms with E-state index in [9.17, 15) is 4.79 Å². The molecule has 0 N–H and O–H groups in total. The minimum atomic E-state index is 0.338. The number of anilines is 1. The molecule has 128 valence electrons. The Kier molecular flexibility index (Phi) is 4.86. The number of rotatable bonds is 5. The molecule has 1 fully saturated rings. The van der Waals surface area contributed by atoms with Crippen molar-refractivity contribution < 1.29 is 4.79 Å². The van der Waals surface area contributed by atoms with Crippen LogP contribution in [0.15, 0.2) is 52.4 Å². The van der Waals surface area contributed by atoms with Gasteiger partial charge in [-0.15, -0.1) is 11.3 Å². The van der Waals surface area contributed by atoms with Gasteiger partial charge in [0.2, 0.25) is 0 Å². The molecular formula is C20H19BrN2OS. The Bertz CT molecular complexity index is 890. The number of hydrogen-bond donors (Lipinski definition) is 0. The zero-order chi connectivity index (χ0) is 17.2. The first-order valence-corrected chi connectivity index (χ1v) is 10.2. The molecule has 1 aliphatic heterocycles. The molecule has 0 radical (unpaired) electrons. The maximum Gasteiger partial charge on any atom is 0.137 e. The first-order chi connectivity index (χ1) is 12.2. The highest BCUT2D eigenvalue weighted by Crippen LogP contribution is 2.34. The fourth-order valence-electron chi connectivity index (χ4n) is 3.55.